The Kier molecular flexibility index (Phi) is 6.43. The Balaban J connectivity index is 1.62. The summed E-state index contributed by atoms with van der Waals surface area (Å²) < 4.78 is 2.01. The summed E-state index contributed by atoms with van der Waals surface area (Å²) in [5.74, 6) is 0.143. The molecule has 150 valence electrons. The van der Waals surface area contributed by atoms with E-state index < -0.39 is 0 Å². The first-order valence-electron chi connectivity index (χ1n) is 9.18. The van der Waals surface area contributed by atoms with E-state index in [1.807, 2.05) is 77.4 Å². The van der Waals surface area contributed by atoms with E-state index in [1.54, 1.807) is 12.3 Å². The van der Waals surface area contributed by atoms with Crippen molar-refractivity contribution in [2.45, 2.75) is 5.16 Å². The molecule has 4 rings (SSSR count). The van der Waals surface area contributed by atoms with Gasteiger partial charge in [0.25, 0.3) is 0 Å². The van der Waals surface area contributed by atoms with E-state index in [1.165, 1.54) is 11.8 Å². The summed E-state index contributed by atoms with van der Waals surface area (Å²) in [4.78, 5) is 17.0. The number of imidazole rings is 1. The lowest BCUT2D eigenvalue weighted by molar-refractivity contribution is -0.113. The number of nitrogens with one attached hydrogen (secondary N) is 1. The molecule has 4 aromatic rings. The van der Waals surface area contributed by atoms with Gasteiger partial charge in [-0.25, -0.2) is 4.98 Å². The van der Waals surface area contributed by atoms with Crippen molar-refractivity contribution in [3.8, 4) is 16.9 Å². The number of benzene rings is 3. The summed E-state index contributed by atoms with van der Waals surface area (Å²) in [5.41, 5.74) is 3.47. The fraction of sp³-hybridized carbons (Fsp3) is 0.0435. The Morgan fingerprint density at radius 3 is 2.33 bits per heavy atom. The minimum absolute atomic E-state index is 0.0927. The lowest BCUT2D eigenvalue weighted by Gasteiger charge is -2.12. The normalized spacial score (nSPS) is 10.7. The van der Waals surface area contributed by atoms with Gasteiger partial charge in [-0.1, -0.05) is 77.4 Å². The smallest absolute Gasteiger partial charge is 0.234 e. The first-order chi connectivity index (χ1) is 14.6. The third kappa shape index (κ3) is 4.70. The fourth-order valence-electron chi connectivity index (χ4n) is 2.97. The molecule has 1 aromatic heterocycles. The molecule has 0 aliphatic rings. The Labute approximate surface area is 188 Å². The molecule has 1 heterocycles. The highest BCUT2D eigenvalue weighted by molar-refractivity contribution is 7.99. The number of amides is 1. The molecular formula is C23H17Cl2N3OS. The Bertz CT molecular complexity index is 1160. The van der Waals surface area contributed by atoms with Crippen molar-refractivity contribution in [1.29, 1.82) is 0 Å². The number of thioether (sulfide) groups is 1. The SMILES string of the molecule is O=C(CSc1ncc(-c2ccc(Cl)c(Cl)c2)n1-c1ccccc1)Nc1ccccc1. The standard InChI is InChI=1S/C23H17Cl2N3OS/c24-19-12-11-16(13-20(19)25)21-14-26-23(28(21)18-9-5-2-6-10-18)30-15-22(29)27-17-7-3-1-4-8-17/h1-14H,15H2,(H,27,29). The molecule has 1 amide bonds. The Hall–Kier alpha value is -2.73. The molecule has 0 bridgehead atoms. The summed E-state index contributed by atoms with van der Waals surface area (Å²) in [6.07, 6.45) is 1.78. The number of hydrogen-bond donors (Lipinski definition) is 1. The van der Waals surface area contributed by atoms with Crippen LogP contribution >= 0.6 is 35.0 Å². The lowest BCUT2D eigenvalue weighted by atomic mass is 10.1. The third-order valence-corrected chi connectivity index (χ3v) is 6.04. The van der Waals surface area contributed by atoms with Gasteiger partial charge in [0.2, 0.25) is 5.91 Å². The average Bonchev–Trinajstić information content (AvgIpc) is 3.19. The maximum Gasteiger partial charge on any atom is 0.234 e. The van der Waals surface area contributed by atoms with Gasteiger partial charge in [-0.2, -0.15) is 0 Å². The second kappa shape index (κ2) is 9.39. The van der Waals surface area contributed by atoms with Crippen LogP contribution in [-0.4, -0.2) is 21.2 Å². The highest BCUT2D eigenvalue weighted by Crippen LogP contribution is 2.33. The van der Waals surface area contributed by atoms with Gasteiger partial charge in [0, 0.05) is 16.9 Å². The van der Waals surface area contributed by atoms with Gasteiger partial charge in [0.15, 0.2) is 5.16 Å². The quantitative estimate of drug-likeness (QED) is 0.335. The predicted molar refractivity (Wildman–Crippen MR) is 125 cm³/mol. The Morgan fingerprint density at radius 2 is 1.63 bits per heavy atom. The number of halogens is 2. The summed E-state index contributed by atoms with van der Waals surface area (Å²) in [7, 11) is 0. The van der Waals surface area contributed by atoms with E-state index in [0.29, 0.717) is 15.2 Å². The van der Waals surface area contributed by atoms with Crippen molar-refractivity contribution in [3.63, 3.8) is 0 Å². The molecule has 1 N–H and O–H groups in total. The molecule has 0 radical (unpaired) electrons. The van der Waals surface area contributed by atoms with Crippen molar-refractivity contribution in [2.75, 3.05) is 11.1 Å². The van der Waals surface area contributed by atoms with Crippen LogP contribution in [0.3, 0.4) is 0 Å². The molecule has 7 heteroatoms. The number of para-hydroxylation sites is 2. The van der Waals surface area contributed by atoms with Crippen molar-refractivity contribution >= 4 is 46.6 Å². The van der Waals surface area contributed by atoms with Crippen LogP contribution in [0.2, 0.25) is 10.0 Å². The van der Waals surface area contributed by atoms with E-state index in [4.69, 9.17) is 23.2 Å². The van der Waals surface area contributed by atoms with E-state index in [2.05, 4.69) is 10.3 Å². The number of anilines is 1. The van der Waals surface area contributed by atoms with E-state index in [0.717, 1.165) is 22.6 Å². The van der Waals surface area contributed by atoms with Crippen LogP contribution in [0.4, 0.5) is 5.69 Å². The number of aromatic nitrogens is 2. The predicted octanol–water partition coefficient (Wildman–Crippen LogP) is 6.58. The van der Waals surface area contributed by atoms with E-state index in [-0.39, 0.29) is 11.7 Å². The first kappa shape index (κ1) is 20.5. The molecule has 0 spiro atoms. The van der Waals surface area contributed by atoms with Crippen LogP contribution < -0.4 is 5.32 Å². The molecular weight excluding hydrogens is 437 g/mol. The summed E-state index contributed by atoms with van der Waals surface area (Å²) >= 11 is 13.7. The summed E-state index contributed by atoms with van der Waals surface area (Å²) in [5, 5.41) is 4.58. The highest BCUT2D eigenvalue weighted by atomic mass is 35.5. The van der Waals surface area contributed by atoms with Crippen LogP contribution in [0.5, 0.6) is 0 Å². The molecule has 0 fully saturated rings. The zero-order valence-corrected chi connectivity index (χ0v) is 18.1. The van der Waals surface area contributed by atoms with Crippen LogP contribution in [0.15, 0.2) is 90.2 Å². The number of rotatable bonds is 6. The van der Waals surface area contributed by atoms with Crippen LogP contribution in [0, 0.1) is 0 Å². The molecule has 0 aliphatic carbocycles. The van der Waals surface area contributed by atoms with Gasteiger partial charge < -0.3 is 5.32 Å². The number of carbonyl (C=O) groups is 1. The monoisotopic (exact) mass is 453 g/mol. The number of nitrogens with zero attached hydrogens (tertiary/aromatic N) is 2. The van der Waals surface area contributed by atoms with Crippen molar-refractivity contribution < 1.29 is 4.79 Å². The minimum atomic E-state index is -0.0927. The van der Waals surface area contributed by atoms with E-state index >= 15 is 0 Å². The number of carbonyl (C=O) groups excluding carboxylic acids is 1. The molecule has 30 heavy (non-hydrogen) atoms. The molecule has 4 nitrogen and oxygen atoms in total. The second-order valence-corrected chi connectivity index (χ2v) is 8.19. The third-order valence-electron chi connectivity index (χ3n) is 4.35. The van der Waals surface area contributed by atoms with Gasteiger partial charge in [-0.3, -0.25) is 9.36 Å². The zero-order valence-electron chi connectivity index (χ0n) is 15.8. The molecule has 0 saturated carbocycles. The van der Waals surface area contributed by atoms with Gasteiger partial charge in [0.05, 0.1) is 27.7 Å². The molecule has 3 aromatic carbocycles. The Morgan fingerprint density at radius 1 is 0.933 bits per heavy atom. The van der Waals surface area contributed by atoms with Crippen molar-refractivity contribution in [3.05, 3.63) is 95.1 Å². The van der Waals surface area contributed by atoms with Crippen LogP contribution in [-0.2, 0) is 4.79 Å². The van der Waals surface area contributed by atoms with Crippen molar-refractivity contribution in [2.24, 2.45) is 0 Å². The van der Waals surface area contributed by atoms with Gasteiger partial charge in [-0.05, 0) is 36.4 Å². The van der Waals surface area contributed by atoms with Crippen LogP contribution in [0.25, 0.3) is 16.9 Å². The maximum atomic E-state index is 12.4. The second-order valence-electron chi connectivity index (χ2n) is 6.43. The lowest BCUT2D eigenvalue weighted by Crippen LogP contribution is -2.14. The molecule has 0 atom stereocenters. The molecule has 0 aliphatic heterocycles. The zero-order chi connectivity index (χ0) is 20.9. The van der Waals surface area contributed by atoms with Gasteiger partial charge in [0.1, 0.15) is 0 Å². The van der Waals surface area contributed by atoms with Gasteiger partial charge in [-0.15, -0.1) is 0 Å². The van der Waals surface area contributed by atoms with E-state index in [9.17, 15) is 4.79 Å². The average molecular weight is 454 g/mol. The summed E-state index contributed by atoms with van der Waals surface area (Å²) in [6, 6.07) is 24.8. The van der Waals surface area contributed by atoms with Crippen molar-refractivity contribution in [1.82, 2.24) is 9.55 Å². The molecule has 0 saturated heterocycles. The topological polar surface area (TPSA) is 46.9 Å². The number of hydrogen-bond acceptors (Lipinski definition) is 3. The first-order valence-corrected chi connectivity index (χ1v) is 10.9. The largest absolute Gasteiger partial charge is 0.325 e. The fourth-order valence-corrected chi connectivity index (χ4v) is 4.06. The highest BCUT2D eigenvalue weighted by Gasteiger charge is 2.16. The van der Waals surface area contributed by atoms with Gasteiger partial charge >= 0.3 is 0 Å². The minimum Gasteiger partial charge on any atom is -0.325 e. The van der Waals surface area contributed by atoms with Crippen LogP contribution in [0.1, 0.15) is 0 Å². The summed E-state index contributed by atoms with van der Waals surface area (Å²) in [6.45, 7) is 0. The molecule has 0 unspecified atom stereocenters. The maximum absolute atomic E-state index is 12.4.